The second-order valence-corrected chi connectivity index (χ2v) is 3.26. The standard InChI is InChI=1S/C10H19NO2/c1-3-4-7-10(13)11-8-5-6-9(2)12/h3-8H2,1-2H3,(H,11,13). The molecule has 1 N–H and O–H groups in total. The van der Waals surface area contributed by atoms with Gasteiger partial charge in [-0.2, -0.15) is 0 Å². The van der Waals surface area contributed by atoms with Crippen molar-refractivity contribution >= 4 is 11.7 Å². The number of hydrogen-bond donors (Lipinski definition) is 1. The highest BCUT2D eigenvalue weighted by molar-refractivity contribution is 5.76. The Kier molecular flexibility index (Phi) is 7.26. The zero-order valence-electron chi connectivity index (χ0n) is 8.56. The number of ketones is 1. The van der Waals surface area contributed by atoms with Crippen molar-refractivity contribution in [3.63, 3.8) is 0 Å². The number of carbonyl (C=O) groups is 2. The van der Waals surface area contributed by atoms with Crippen LogP contribution in [0.25, 0.3) is 0 Å². The van der Waals surface area contributed by atoms with Gasteiger partial charge in [0.05, 0.1) is 0 Å². The molecule has 0 aliphatic rings. The Morgan fingerprint density at radius 2 is 1.85 bits per heavy atom. The number of hydrogen-bond acceptors (Lipinski definition) is 2. The predicted molar refractivity (Wildman–Crippen MR) is 52.4 cm³/mol. The van der Waals surface area contributed by atoms with E-state index in [2.05, 4.69) is 12.2 Å². The van der Waals surface area contributed by atoms with Crippen molar-refractivity contribution in [2.75, 3.05) is 6.54 Å². The Labute approximate surface area is 79.9 Å². The highest BCUT2D eigenvalue weighted by atomic mass is 16.1. The van der Waals surface area contributed by atoms with Crippen molar-refractivity contribution in [1.29, 1.82) is 0 Å². The van der Waals surface area contributed by atoms with Crippen LogP contribution in [0.4, 0.5) is 0 Å². The molecule has 0 rings (SSSR count). The summed E-state index contributed by atoms with van der Waals surface area (Å²) < 4.78 is 0. The molecule has 0 radical (unpaired) electrons. The summed E-state index contributed by atoms with van der Waals surface area (Å²) in [6.45, 7) is 4.25. The molecule has 0 aromatic carbocycles. The van der Waals surface area contributed by atoms with E-state index in [1.165, 1.54) is 0 Å². The first-order valence-corrected chi connectivity index (χ1v) is 4.93. The predicted octanol–water partition coefficient (Wildman–Crippen LogP) is 1.66. The lowest BCUT2D eigenvalue weighted by atomic mass is 10.2. The van der Waals surface area contributed by atoms with Gasteiger partial charge in [0.25, 0.3) is 0 Å². The number of Topliss-reactive ketones (excluding diaryl/α,β-unsaturated/α-hetero) is 1. The highest BCUT2D eigenvalue weighted by Gasteiger charge is 1.99. The van der Waals surface area contributed by atoms with Crippen LogP contribution in [-0.4, -0.2) is 18.2 Å². The number of amides is 1. The first-order valence-electron chi connectivity index (χ1n) is 4.93. The summed E-state index contributed by atoms with van der Waals surface area (Å²) in [5, 5.41) is 2.78. The molecule has 0 saturated carbocycles. The monoisotopic (exact) mass is 185 g/mol. The lowest BCUT2D eigenvalue weighted by molar-refractivity contribution is -0.121. The van der Waals surface area contributed by atoms with Gasteiger partial charge in [0.1, 0.15) is 5.78 Å². The molecule has 13 heavy (non-hydrogen) atoms. The van der Waals surface area contributed by atoms with Gasteiger partial charge in [0.15, 0.2) is 0 Å². The van der Waals surface area contributed by atoms with Crippen LogP contribution in [0, 0.1) is 0 Å². The second kappa shape index (κ2) is 7.77. The molecule has 1 amide bonds. The fourth-order valence-electron chi connectivity index (χ4n) is 0.991. The molecule has 0 fully saturated rings. The molecule has 0 spiro atoms. The largest absolute Gasteiger partial charge is 0.356 e. The lowest BCUT2D eigenvalue weighted by Gasteiger charge is -2.02. The Morgan fingerprint density at radius 1 is 1.15 bits per heavy atom. The molecule has 76 valence electrons. The Morgan fingerprint density at radius 3 is 2.38 bits per heavy atom. The van der Waals surface area contributed by atoms with Crippen LogP contribution in [0.2, 0.25) is 0 Å². The quantitative estimate of drug-likeness (QED) is 0.613. The Balaban J connectivity index is 3.22. The summed E-state index contributed by atoms with van der Waals surface area (Å²) >= 11 is 0. The van der Waals surface area contributed by atoms with Crippen molar-refractivity contribution in [2.24, 2.45) is 0 Å². The molecule has 0 heterocycles. The molecule has 0 saturated heterocycles. The average Bonchev–Trinajstić information content (AvgIpc) is 2.08. The van der Waals surface area contributed by atoms with Gasteiger partial charge in [-0.15, -0.1) is 0 Å². The molecule has 3 heteroatoms. The van der Waals surface area contributed by atoms with Crippen LogP contribution in [0.1, 0.15) is 46.0 Å². The zero-order valence-corrected chi connectivity index (χ0v) is 8.56. The van der Waals surface area contributed by atoms with Gasteiger partial charge in [0.2, 0.25) is 5.91 Å². The molecule has 0 aliphatic carbocycles. The van der Waals surface area contributed by atoms with Gasteiger partial charge in [-0.1, -0.05) is 13.3 Å². The SMILES string of the molecule is CCCCC(=O)NCCCC(C)=O. The third-order valence-corrected chi connectivity index (χ3v) is 1.79. The van der Waals surface area contributed by atoms with Crippen molar-refractivity contribution < 1.29 is 9.59 Å². The van der Waals surface area contributed by atoms with Crippen molar-refractivity contribution in [3.05, 3.63) is 0 Å². The van der Waals surface area contributed by atoms with Gasteiger partial charge in [-0.05, 0) is 19.8 Å². The van der Waals surface area contributed by atoms with Crippen LogP contribution >= 0.6 is 0 Å². The van der Waals surface area contributed by atoms with E-state index >= 15 is 0 Å². The first-order chi connectivity index (χ1) is 6.16. The van der Waals surface area contributed by atoms with E-state index in [1.54, 1.807) is 6.92 Å². The maximum absolute atomic E-state index is 11.1. The fraction of sp³-hybridized carbons (Fsp3) is 0.800. The number of rotatable bonds is 7. The van der Waals surface area contributed by atoms with Crippen LogP contribution in [0.5, 0.6) is 0 Å². The molecular formula is C10H19NO2. The van der Waals surface area contributed by atoms with Crippen LogP contribution in [0.3, 0.4) is 0 Å². The third-order valence-electron chi connectivity index (χ3n) is 1.79. The molecular weight excluding hydrogens is 166 g/mol. The van der Waals surface area contributed by atoms with Gasteiger partial charge in [-0.25, -0.2) is 0 Å². The van der Waals surface area contributed by atoms with Crippen LogP contribution in [-0.2, 0) is 9.59 Å². The smallest absolute Gasteiger partial charge is 0.219 e. The summed E-state index contributed by atoms with van der Waals surface area (Å²) in [6, 6.07) is 0. The van der Waals surface area contributed by atoms with E-state index in [4.69, 9.17) is 0 Å². The van der Waals surface area contributed by atoms with Gasteiger partial charge in [0, 0.05) is 19.4 Å². The molecule has 3 nitrogen and oxygen atoms in total. The Hall–Kier alpha value is -0.860. The maximum Gasteiger partial charge on any atom is 0.219 e. The van der Waals surface area contributed by atoms with Crippen molar-refractivity contribution in [3.8, 4) is 0 Å². The van der Waals surface area contributed by atoms with Gasteiger partial charge < -0.3 is 10.1 Å². The minimum atomic E-state index is 0.102. The number of nitrogens with one attached hydrogen (secondary N) is 1. The van der Waals surface area contributed by atoms with Crippen molar-refractivity contribution in [1.82, 2.24) is 5.32 Å². The minimum absolute atomic E-state index is 0.102. The van der Waals surface area contributed by atoms with Crippen LogP contribution in [0.15, 0.2) is 0 Å². The van der Waals surface area contributed by atoms with E-state index in [0.29, 0.717) is 19.4 Å². The summed E-state index contributed by atoms with van der Waals surface area (Å²) in [7, 11) is 0. The molecule has 0 atom stereocenters. The second-order valence-electron chi connectivity index (χ2n) is 3.26. The average molecular weight is 185 g/mol. The molecule has 0 aromatic rings. The summed E-state index contributed by atoms with van der Waals surface area (Å²) in [5.41, 5.74) is 0. The third kappa shape index (κ3) is 9.05. The fourth-order valence-corrected chi connectivity index (χ4v) is 0.991. The highest BCUT2D eigenvalue weighted by Crippen LogP contribution is 1.94. The van der Waals surface area contributed by atoms with Crippen molar-refractivity contribution in [2.45, 2.75) is 46.0 Å². The zero-order chi connectivity index (χ0) is 10.1. The summed E-state index contributed by atoms with van der Waals surface area (Å²) in [5.74, 6) is 0.285. The summed E-state index contributed by atoms with van der Waals surface area (Å²) in [4.78, 5) is 21.6. The van der Waals surface area contributed by atoms with E-state index < -0.39 is 0 Å². The molecule has 0 unspecified atom stereocenters. The van der Waals surface area contributed by atoms with E-state index in [9.17, 15) is 9.59 Å². The lowest BCUT2D eigenvalue weighted by Crippen LogP contribution is -2.24. The number of unbranched alkanes of at least 4 members (excludes halogenated alkanes) is 1. The molecule has 0 aliphatic heterocycles. The van der Waals surface area contributed by atoms with Gasteiger partial charge in [-0.3, -0.25) is 4.79 Å². The minimum Gasteiger partial charge on any atom is -0.356 e. The first kappa shape index (κ1) is 12.1. The van der Waals surface area contributed by atoms with E-state index in [-0.39, 0.29) is 11.7 Å². The topological polar surface area (TPSA) is 46.2 Å². The van der Waals surface area contributed by atoms with E-state index in [0.717, 1.165) is 19.3 Å². The maximum atomic E-state index is 11.1. The summed E-state index contributed by atoms with van der Waals surface area (Å²) in [6.07, 6.45) is 3.91. The molecule has 0 aromatic heterocycles. The van der Waals surface area contributed by atoms with Crippen LogP contribution < -0.4 is 5.32 Å². The molecule has 0 bridgehead atoms. The number of carbonyl (C=O) groups excluding carboxylic acids is 2. The van der Waals surface area contributed by atoms with E-state index in [1.807, 2.05) is 0 Å². The normalized spacial score (nSPS) is 9.69. The Bertz CT molecular complexity index is 166. The van der Waals surface area contributed by atoms with Gasteiger partial charge >= 0.3 is 0 Å².